The molecule has 0 aromatic heterocycles. The van der Waals surface area contributed by atoms with Crippen molar-refractivity contribution in [3.8, 4) is 17.2 Å². The van der Waals surface area contributed by atoms with Crippen LogP contribution >= 0.6 is 0 Å². The van der Waals surface area contributed by atoms with Gasteiger partial charge in [0.15, 0.2) is 11.5 Å². The number of amides is 2. The van der Waals surface area contributed by atoms with Gasteiger partial charge in [0.25, 0.3) is 5.91 Å². The van der Waals surface area contributed by atoms with Crippen LogP contribution in [0.4, 0.5) is 0 Å². The van der Waals surface area contributed by atoms with Crippen molar-refractivity contribution in [2.24, 2.45) is 0 Å². The van der Waals surface area contributed by atoms with Crippen molar-refractivity contribution in [2.45, 2.75) is 6.92 Å². The van der Waals surface area contributed by atoms with Gasteiger partial charge in [-0.15, -0.1) is 0 Å². The Morgan fingerprint density at radius 3 is 2.35 bits per heavy atom. The molecule has 0 aliphatic carbocycles. The predicted molar refractivity (Wildman–Crippen MR) is 119 cm³/mol. The third kappa shape index (κ3) is 5.57. The second-order valence-electron chi connectivity index (χ2n) is 7.03. The number of methoxy groups -OCH3 is 2. The Labute approximate surface area is 182 Å². The minimum atomic E-state index is -0.0821. The van der Waals surface area contributed by atoms with Crippen LogP contribution < -0.4 is 14.2 Å². The van der Waals surface area contributed by atoms with Crippen LogP contribution in [0.1, 0.15) is 22.8 Å². The molecule has 1 fully saturated rings. The van der Waals surface area contributed by atoms with Crippen LogP contribution in [-0.4, -0.2) is 68.6 Å². The third-order valence-corrected chi connectivity index (χ3v) is 5.10. The fraction of sp³-hybridized carbons (Fsp3) is 0.333. The number of benzene rings is 2. The molecule has 2 aromatic rings. The predicted octanol–water partition coefficient (Wildman–Crippen LogP) is 3.10. The van der Waals surface area contributed by atoms with Crippen LogP contribution in [0.15, 0.2) is 48.5 Å². The van der Waals surface area contributed by atoms with E-state index in [0.29, 0.717) is 55.6 Å². The highest BCUT2D eigenvalue weighted by atomic mass is 16.5. The van der Waals surface area contributed by atoms with Gasteiger partial charge >= 0.3 is 0 Å². The molecule has 0 saturated carbocycles. The van der Waals surface area contributed by atoms with Gasteiger partial charge in [0.1, 0.15) is 5.75 Å². The molecule has 7 nitrogen and oxygen atoms in total. The van der Waals surface area contributed by atoms with E-state index < -0.39 is 0 Å². The first kappa shape index (κ1) is 22.2. The number of hydrogen-bond acceptors (Lipinski definition) is 5. The maximum atomic E-state index is 12.7. The summed E-state index contributed by atoms with van der Waals surface area (Å²) in [6.07, 6.45) is 3.31. The van der Waals surface area contributed by atoms with E-state index in [4.69, 9.17) is 14.2 Å². The van der Waals surface area contributed by atoms with Crippen LogP contribution in [0.25, 0.3) is 6.08 Å². The summed E-state index contributed by atoms with van der Waals surface area (Å²) in [5.74, 6) is 1.81. The maximum Gasteiger partial charge on any atom is 0.254 e. The Kier molecular flexibility index (Phi) is 7.54. The van der Waals surface area contributed by atoms with Gasteiger partial charge < -0.3 is 24.0 Å². The Morgan fingerprint density at radius 2 is 1.68 bits per heavy atom. The standard InChI is InChI=1S/C24H28N2O5/c1-4-31-21-10-8-18(16-22(21)30-3)9-11-23(27)25-12-14-26(15-13-25)24(28)19-6-5-7-20(17-19)29-2/h5-11,16-17H,4,12-15H2,1-3H3/b11-9+. The average Bonchev–Trinajstić information content (AvgIpc) is 2.83. The molecule has 1 aliphatic heterocycles. The van der Waals surface area contributed by atoms with E-state index in [-0.39, 0.29) is 11.8 Å². The summed E-state index contributed by atoms with van der Waals surface area (Å²) in [4.78, 5) is 28.8. The van der Waals surface area contributed by atoms with Gasteiger partial charge in [-0.05, 0) is 48.9 Å². The van der Waals surface area contributed by atoms with Crippen molar-refractivity contribution >= 4 is 17.9 Å². The summed E-state index contributed by atoms with van der Waals surface area (Å²) < 4.78 is 16.1. The molecular formula is C24H28N2O5. The zero-order chi connectivity index (χ0) is 22.2. The van der Waals surface area contributed by atoms with E-state index in [2.05, 4.69) is 0 Å². The van der Waals surface area contributed by atoms with E-state index in [1.54, 1.807) is 60.4 Å². The minimum absolute atomic E-state index is 0.0528. The summed E-state index contributed by atoms with van der Waals surface area (Å²) in [7, 11) is 3.16. The lowest BCUT2D eigenvalue weighted by Gasteiger charge is -2.34. The molecule has 0 atom stereocenters. The molecule has 2 aromatic carbocycles. The molecule has 31 heavy (non-hydrogen) atoms. The maximum absolute atomic E-state index is 12.7. The first-order valence-electron chi connectivity index (χ1n) is 10.3. The van der Waals surface area contributed by atoms with E-state index >= 15 is 0 Å². The smallest absolute Gasteiger partial charge is 0.254 e. The van der Waals surface area contributed by atoms with Crippen molar-refractivity contribution in [1.29, 1.82) is 0 Å². The fourth-order valence-electron chi connectivity index (χ4n) is 3.40. The lowest BCUT2D eigenvalue weighted by atomic mass is 10.1. The van der Waals surface area contributed by atoms with Gasteiger partial charge in [-0.25, -0.2) is 0 Å². The van der Waals surface area contributed by atoms with Gasteiger partial charge in [-0.2, -0.15) is 0 Å². The molecule has 0 N–H and O–H groups in total. The molecule has 2 amide bonds. The van der Waals surface area contributed by atoms with E-state index in [1.165, 1.54) is 0 Å². The lowest BCUT2D eigenvalue weighted by molar-refractivity contribution is -0.127. The lowest BCUT2D eigenvalue weighted by Crippen LogP contribution is -2.50. The quantitative estimate of drug-likeness (QED) is 0.639. The number of piperazine rings is 1. The molecule has 7 heteroatoms. The highest BCUT2D eigenvalue weighted by Crippen LogP contribution is 2.28. The molecular weight excluding hydrogens is 396 g/mol. The summed E-state index contributed by atoms with van der Waals surface area (Å²) in [5.41, 5.74) is 1.43. The third-order valence-electron chi connectivity index (χ3n) is 5.10. The molecule has 0 unspecified atom stereocenters. The van der Waals surface area contributed by atoms with Crippen molar-refractivity contribution in [3.63, 3.8) is 0 Å². The van der Waals surface area contributed by atoms with Gasteiger partial charge in [-0.3, -0.25) is 9.59 Å². The molecule has 0 radical (unpaired) electrons. The number of rotatable bonds is 7. The molecule has 1 aliphatic rings. The van der Waals surface area contributed by atoms with Gasteiger partial charge in [0, 0.05) is 37.8 Å². The highest BCUT2D eigenvalue weighted by Gasteiger charge is 2.24. The molecule has 164 valence electrons. The topological polar surface area (TPSA) is 68.3 Å². The Hall–Kier alpha value is -3.48. The largest absolute Gasteiger partial charge is 0.497 e. The molecule has 1 saturated heterocycles. The number of nitrogens with zero attached hydrogens (tertiary/aromatic N) is 2. The molecule has 0 spiro atoms. The van der Waals surface area contributed by atoms with Gasteiger partial charge in [0.05, 0.1) is 20.8 Å². The summed E-state index contributed by atoms with van der Waals surface area (Å²) in [5, 5.41) is 0. The summed E-state index contributed by atoms with van der Waals surface area (Å²) in [6, 6.07) is 12.6. The zero-order valence-corrected chi connectivity index (χ0v) is 18.2. The van der Waals surface area contributed by atoms with Crippen LogP contribution in [0, 0.1) is 0 Å². The molecule has 1 heterocycles. The van der Waals surface area contributed by atoms with Crippen LogP contribution in [-0.2, 0) is 4.79 Å². The SMILES string of the molecule is CCOc1ccc(/C=C/C(=O)N2CCN(C(=O)c3cccc(OC)c3)CC2)cc1OC. The van der Waals surface area contributed by atoms with Crippen molar-refractivity contribution < 1.29 is 23.8 Å². The van der Waals surface area contributed by atoms with Crippen LogP contribution in [0.2, 0.25) is 0 Å². The monoisotopic (exact) mass is 424 g/mol. The highest BCUT2D eigenvalue weighted by molar-refractivity contribution is 5.95. The summed E-state index contributed by atoms with van der Waals surface area (Å²) >= 11 is 0. The number of hydrogen-bond donors (Lipinski definition) is 0. The number of ether oxygens (including phenoxy) is 3. The molecule has 3 rings (SSSR count). The Balaban J connectivity index is 1.57. The first-order chi connectivity index (χ1) is 15.0. The van der Waals surface area contributed by atoms with E-state index in [9.17, 15) is 9.59 Å². The Bertz CT molecular complexity index is 949. The van der Waals surface area contributed by atoms with Gasteiger partial charge in [-0.1, -0.05) is 12.1 Å². The van der Waals surface area contributed by atoms with Crippen LogP contribution in [0.3, 0.4) is 0 Å². The average molecular weight is 424 g/mol. The Morgan fingerprint density at radius 1 is 0.935 bits per heavy atom. The van der Waals surface area contributed by atoms with Crippen molar-refractivity contribution in [1.82, 2.24) is 9.80 Å². The van der Waals surface area contributed by atoms with Crippen LogP contribution in [0.5, 0.6) is 17.2 Å². The van der Waals surface area contributed by atoms with E-state index in [1.807, 2.05) is 25.1 Å². The number of carbonyl (C=O) groups is 2. The fourth-order valence-corrected chi connectivity index (χ4v) is 3.40. The van der Waals surface area contributed by atoms with E-state index in [0.717, 1.165) is 5.56 Å². The second kappa shape index (κ2) is 10.5. The second-order valence-corrected chi connectivity index (χ2v) is 7.03. The van der Waals surface area contributed by atoms with Crippen molar-refractivity contribution in [3.05, 3.63) is 59.7 Å². The zero-order valence-electron chi connectivity index (χ0n) is 18.2. The first-order valence-corrected chi connectivity index (χ1v) is 10.3. The van der Waals surface area contributed by atoms with Gasteiger partial charge in [0.2, 0.25) is 5.91 Å². The minimum Gasteiger partial charge on any atom is -0.497 e. The van der Waals surface area contributed by atoms with Crippen molar-refractivity contribution in [2.75, 3.05) is 47.0 Å². The normalized spacial score (nSPS) is 13.9. The number of carbonyl (C=O) groups excluding carboxylic acids is 2. The summed E-state index contributed by atoms with van der Waals surface area (Å²) in [6.45, 7) is 4.43. The molecule has 0 bridgehead atoms.